The van der Waals surface area contributed by atoms with E-state index < -0.39 is 0 Å². The highest BCUT2D eigenvalue weighted by Crippen LogP contribution is 2.30. The van der Waals surface area contributed by atoms with Crippen LogP contribution in [0, 0.1) is 5.92 Å². The Labute approximate surface area is 132 Å². The smallest absolute Gasteiger partial charge is 0.284 e. The first-order valence-electron chi connectivity index (χ1n) is 7.42. The zero-order valence-corrected chi connectivity index (χ0v) is 13.2. The van der Waals surface area contributed by atoms with E-state index in [1.807, 2.05) is 30.3 Å². The van der Waals surface area contributed by atoms with Crippen molar-refractivity contribution < 1.29 is 8.83 Å². The molecule has 0 radical (unpaired) electrons. The maximum absolute atomic E-state index is 5.75. The molecular formula is C16H17N3O2S. The van der Waals surface area contributed by atoms with Crippen molar-refractivity contribution in [1.82, 2.24) is 15.1 Å². The Bertz CT molecular complexity index is 749. The van der Waals surface area contributed by atoms with Crippen molar-refractivity contribution in [2.24, 2.45) is 5.92 Å². The first-order valence-corrected chi connectivity index (χ1v) is 8.40. The average Bonchev–Trinajstić information content (AvgIpc) is 3.23. The molecule has 0 aliphatic carbocycles. The fraction of sp³-hybridized carbons (Fsp3) is 0.375. The van der Waals surface area contributed by atoms with Crippen molar-refractivity contribution in [3.05, 3.63) is 30.3 Å². The second kappa shape index (κ2) is 5.78. The van der Waals surface area contributed by atoms with Gasteiger partial charge in [0.25, 0.3) is 11.1 Å². The number of hydrogen-bond acceptors (Lipinski definition) is 6. The van der Waals surface area contributed by atoms with Crippen molar-refractivity contribution in [3.63, 3.8) is 0 Å². The minimum Gasteiger partial charge on any atom is -0.451 e. The van der Waals surface area contributed by atoms with E-state index in [2.05, 4.69) is 22.1 Å². The van der Waals surface area contributed by atoms with E-state index in [9.17, 15) is 0 Å². The molecule has 3 aromatic rings. The van der Waals surface area contributed by atoms with Gasteiger partial charge in [-0.05, 0) is 38.1 Å². The molecule has 3 heterocycles. The van der Waals surface area contributed by atoms with Crippen LogP contribution in [-0.2, 0) is 0 Å². The van der Waals surface area contributed by atoms with Gasteiger partial charge < -0.3 is 13.7 Å². The first kappa shape index (κ1) is 13.8. The zero-order valence-electron chi connectivity index (χ0n) is 12.4. The van der Waals surface area contributed by atoms with Crippen LogP contribution in [0.3, 0.4) is 0 Å². The molecule has 0 amide bonds. The lowest BCUT2D eigenvalue weighted by atomic mass is 10.2. The van der Waals surface area contributed by atoms with Gasteiger partial charge in [0.1, 0.15) is 5.58 Å². The van der Waals surface area contributed by atoms with Crippen molar-refractivity contribution in [1.29, 1.82) is 0 Å². The minimum absolute atomic E-state index is 0.447. The van der Waals surface area contributed by atoms with Gasteiger partial charge in [-0.25, -0.2) is 0 Å². The van der Waals surface area contributed by atoms with Gasteiger partial charge in [-0.15, -0.1) is 10.2 Å². The van der Waals surface area contributed by atoms with Crippen LogP contribution >= 0.6 is 11.8 Å². The summed E-state index contributed by atoms with van der Waals surface area (Å²) in [6.07, 6.45) is 1.24. The van der Waals surface area contributed by atoms with Gasteiger partial charge in [-0.3, -0.25) is 0 Å². The van der Waals surface area contributed by atoms with E-state index in [0.29, 0.717) is 22.8 Å². The molecule has 1 saturated heterocycles. The van der Waals surface area contributed by atoms with Crippen LogP contribution in [-0.4, -0.2) is 41.0 Å². The summed E-state index contributed by atoms with van der Waals surface area (Å²) in [7, 11) is 2.16. The Kier molecular flexibility index (Phi) is 3.63. The van der Waals surface area contributed by atoms with E-state index >= 15 is 0 Å². The van der Waals surface area contributed by atoms with E-state index in [4.69, 9.17) is 8.83 Å². The Hall–Kier alpha value is -1.79. The predicted molar refractivity (Wildman–Crippen MR) is 85.8 cm³/mol. The number of thioether (sulfide) groups is 1. The standard InChI is InChI=1S/C16H17N3O2S/c1-19-7-6-11(9-19)10-22-16-18-17-15(21-16)14-8-12-4-2-3-5-13(12)20-14/h2-5,8,11H,6-7,9-10H2,1H3. The first-order chi connectivity index (χ1) is 10.8. The molecule has 0 saturated carbocycles. The summed E-state index contributed by atoms with van der Waals surface area (Å²) >= 11 is 1.63. The molecule has 1 unspecified atom stereocenters. The summed E-state index contributed by atoms with van der Waals surface area (Å²) in [6.45, 7) is 2.33. The minimum atomic E-state index is 0.447. The van der Waals surface area contributed by atoms with Crippen LogP contribution in [0.5, 0.6) is 0 Å². The molecule has 0 bridgehead atoms. The topological polar surface area (TPSA) is 55.3 Å². The molecule has 1 aliphatic rings. The van der Waals surface area contributed by atoms with Crippen LogP contribution in [0.2, 0.25) is 0 Å². The predicted octanol–water partition coefficient (Wildman–Crippen LogP) is 3.53. The van der Waals surface area contributed by atoms with Crippen LogP contribution in [0.25, 0.3) is 22.6 Å². The molecular weight excluding hydrogens is 298 g/mol. The summed E-state index contributed by atoms with van der Waals surface area (Å²) in [6, 6.07) is 9.80. The number of rotatable bonds is 4. The maximum atomic E-state index is 5.75. The fourth-order valence-electron chi connectivity index (χ4n) is 2.81. The highest BCUT2D eigenvalue weighted by Gasteiger charge is 2.21. The summed E-state index contributed by atoms with van der Waals surface area (Å²) < 4.78 is 11.5. The maximum Gasteiger partial charge on any atom is 0.284 e. The van der Waals surface area contributed by atoms with Crippen molar-refractivity contribution in [2.45, 2.75) is 11.6 Å². The van der Waals surface area contributed by atoms with Gasteiger partial charge in [0, 0.05) is 17.7 Å². The molecule has 114 valence electrons. The molecule has 6 heteroatoms. The van der Waals surface area contributed by atoms with E-state index in [1.54, 1.807) is 11.8 Å². The quantitative estimate of drug-likeness (QED) is 0.687. The molecule has 1 fully saturated rings. The van der Waals surface area contributed by atoms with E-state index in [0.717, 1.165) is 23.3 Å². The van der Waals surface area contributed by atoms with Gasteiger partial charge in [0.2, 0.25) is 0 Å². The van der Waals surface area contributed by atoms with Crippen molar-refractivity contribution in [2.75, 3.05) is 25.9 Å². The van der Waals surface area contributed by atoms with Gasteiger partial charge in [-0.1, -0.05) is 30.0 Å². The highest BCUT2D eigenvalue weighted by atomic mass is 32.2. The lowest BCUT2D eigenvalue weighted by Gasteiger charge is -2.07. The molecule has 2 aromatic heterocycles. The van der Waals surface area contributed by atoms with Crippen LogP contribution in [0.4, 0.5) is 0 Å². The Morgan fingerprint density at radius 3 is 3.00 bits per heavy atom. The SMILES string of the molecule is CN1CCC(CSc2nnc(-c3cc4ccccc4o3)o2)C1. The van der Waals surface area contributed by atoms with E-state index in [1.165, 1.54) is 13.0 Å². The number of furan rings is 1. The second-order valence-electron chi connectivity index (χ2n) is 5.75. The van der Waals surface area contributed by atoms with Gasteiger partial charge in [0.05, 0.1) is 0 Å². The number of nitrogens with zero attached hydrogens (tertiary/aromatic N) is 3. The number of aromatic nitrogens is 2. The third-order valence-corrected chi connectivity index (χ3v) is 5.02. The van der Waals surface area contributed by atoms with E-state index in [-0.39, 0.29) is 0 Å². The number of para-hydroxylation sites is 1. The largest absolute Gasteiger partial charge is 0.451 e. The lowest BCUT2D eigenvalue weighted by molar-refractivity contribution is 0.402. The normalized spacial score (nSPS) is 19.2. The summed E-state index contributed by atoms with van der Waals surface area (Å²) in [4.78, 5) is 2.36. The van der Waals surface area contributed by atoms with Gasteiger partial charge in [-0.2, -0.15) is 0 Å². The second-order valence-corrected chi connectivity index (χ2v) is 6.72. The molecule has 1 aliphatic heterocycles. The molecule has 0 N–H and O–H groups in total. The lowest BCUT2D eigenvalue weighted by Crippen LogP contribution is -2.14. The summed E-state index contributed by atoms with van der Waals surface area (Å²) in [5.41, 5.74) is 0.832. The number of fused-ring (bicyclic) bond motifs is 1. The molecule has 0 spiro atoms. The Balaban J connectivity index is 1.46. The Morgan fingerprint density at radius 2 is 2.18 bits per heavy atom. The van der Waals surface area contributed by atoms with Crippen LogP contribution in [0.15, 0.2) is 44.4 Å². The molecule has 5 nitrogen and oxygen atoms in total. The summed E-state index contributed by atoms with van der Waals surface area (Å²) in [5, 5.41) is 9.87. The van der Waals surface area contributed by atoms with Gasteiger partial charge in [0.15, 0.2) is 5.76 Å². The average molecular weight is 315 g/mol. The third kappa shape index (κ3) is 2.76. The molecule has 4 rings (SSSR count). The highest BCUT2D eigenvalue weighted by molar-refractivity contribution is 7.99. The molecule has 1 atom stereocenters. The number of hydrogen-bond donors (Lipinski definition) is 0. The van der Waals surface area contributed by atoms with Crippen molar-refractivity contribution >= 4 is 22.7 Å². The van der Waals surface area contributed by atoms with Gasteiger partial charge >= 0.3 is 0 Å². The Morgan fingerprint density at radius 1 is 1.27 bits per heavy atom. The molecule has 1 aromatic carbocycles. The monoisotopic (exact) mass is 315 g/mol. The number of benzene rings is 1. The van der Waals surface area contributed by atoms with Crippen molar-refractivity contribution in [3.8, 4) is 11.7 Å². The van der Waals surface area contributed by atoms with Crippen LogP contribution < -0.4 is 0 Å². The number of likely N-dealkylation sites (tertiary alicyclic amines) is 1. The molecule has 22 heavy (non-hydrogen) atoms. The fourth-order valence-corrected chi connectivity index (χ4v) is 3.69. The summed E-state index contributed by atoms with van der Waals surface area (Å²) in [5.74, 6) is 2.80. The van der Waals surface area contributed by atoms with Crippen LogP contribution in [0.1, 0.15) is 6.42 Å². The zero-order chi connectivity index (χ0) is 14.9. The third-order valence-electron chi connectivity index (χ3n) is 3.97.